The highest BCUT2D eigenvalue weighted by molar-refractivity contribution is 5.85. The SMILES string of the molecule is C=CCOC1CC(CN2CCC(c3ccccc3)CC2)CCc2ccccc21.Cl. The van der Waals surface area contributed by atoms with Gasteiger partial charge in [0.25, 0.3) is 0 Å². The van der Waals surface area contributed by atoms with Crippen molar-refractivity contribution in [3.05, 3.63) is 83.9 Å². The molecule has 0 spiro atoms. The molecule has 1 fully saturated rings. The molecule has 0 aromatic heterocycles. The standard InChI is InChI=1S/C26H33NO.ClH/c1-2-18-28-26-19-21(12-13-24-10-6-7-11-25(24)26)20-27-16-14-23(15-17-27)22-8-4-3-5-9-22;/h2-11,21,23,26H,1,12-20H2;1H. The average molecular weight is 412 g/mol. The molecule has 1 aliphatic carbocycles. The highest BCUT2D eigenvalue weighted by Gasteiger charge is 2.28. The lowest BCUT2D eigenvalue weighted by atomic mass is 9.88. The monoisotopic (exact) mass is 411 g/mol. The minimum Gasteiger partial charge on any atom is -0.369 e. The van der Waals surface area contributed by atoms with Crippen molar-refractivity contribution >= 4 is 12.4 Å². The number of piperidine rings is 1. The molecule has 1 aliphatic heterocycles. The lowest BCUT2D eigenvalue weighted by Crippen LogP contribution is -2.37. The van der Waals surface area contributed by atoms with Gasteiger partial charge in [-0.05, 0) is 73.7 Å². The number of benzene rings is 2. The second-order valence-electron chi connectivity index (χ2n) is 8.44. The molecule has 4 rings (SSSR count). The predicted molar refractivity (Wildman–Crippen MR) is 124 cm³/mol. The Hall–Kier alpha value is -1.61. The highest BCUT2D eigenvalue weighted by Crippen LogP contribution is 2.36. The second kappa shape index (κ2) is 11.0. The topological polar surface area (TPSA) is 12.5 Å². The van der Waals surface area contributed by atoms with Crippen LogP contribution in [0.2, 0.25) is 0 Å². The smallest absolute Gasteiger partial charge is 0.0835 e. The van der Waals surface area contributed by atoms with Gasteiger partial charge in [-0.1, -0.05) is 60.7 Å². The molecule has 3 heteroatoms. The molecular weight excluding hydrogens is 378 g/mol. The van der Waals surface area contributed by atoms with Crippen LogP contribution in [0.3, 0.4) is 0 Å². The van der Waals surface area contributed by atoms with Crippen molar-refractivity contribution in [3.63, 3.8) is 0 Å². The predicted octanol–water partition coefficient (Wildman–Crippen LogP) is 6.18. The Bertz CT molecular complexity index is 754. The van der Waals surface area contributed by atoms with E-state index in [0.29, 0.717) is 12.5 Å². The maximum absolute atomic E-state index is 6.20. The van der Waals surface area contributed by atoms with Crippen LogP contribution < -0.4 is 0 Å². The first-order chi connectivity index (χ1) is 13.8. The quantitative estimate of drug-likeness (QED) is 0.415. The van der Waals surface area contributed by atoms with Crippen molar-refractivity contribution in [2.45, 2.75) is 44.1 Å². The third kappa shape index (κ3) is 5.72. The second-order valence-corrected chi connectivity index (χ2v) is 8.44. The Labute approximate surface area is 182 Å². The first-order valence-corrected chi connectivity index (χ1v) is 10.9. The van der Waals surface area contributed by atoms with Crippen LogP contribution in [0.1, 0.15) is 54.4 Å². The summed E-state index contributed by atoms with van der Waals surface area (Å²) >= 11 is 0. The largest absolute Gasteiger partial charge is 0.369 e. The first-order valence-electron chi connectivity index (χ1n) is 10.9. The van der Waals surface area contributed by atoms with E-state index in [1.807, 2.05) is 6.08 Å². The molecule has 2 aromatic carbocycles. The van der Waals surface area contributed by atoms with E-state index in [2.05, 4.69) is 66.1 Å². The van der Waals surface area contributed by atoms with Gasteiger partial charge in [0.15, 0.2) is 0 Å². The average Bonchev–Trinajstić information content (AvgIpc) is 2.93. The molecule has 2 unspecified atom stereocenters. The van der Waals surface area contributed by atoms with Gasteiger partial charge in [-0.3, -0.25) is 0 Å². The lowest BCUT2D eigenvalue weighted by Gasteiger charge is -2.35. The number of nitrogens with zero attached hydrogens (tertiary/aromatic N) is 1. The van der Waals surface area contributed by atoms with Crippen LogP contribution in [0.5, 0.6) is 0 Å². The Morgan fingerprint density at radius 2 is 1.69 bits per heavy atom. The lowest BCUT2D eigenvalue weighted by molar-refractivity contribution is 0.0480. The number of likely N-dealkylation sites (tertiary alicyclic amines) is 1. The van der Waals surface area contributed by atoms with Crippen LogP contribution in [0.25, 0.3) is 0 Å². The number of rotatable bonds is 6. The fourth-order valence-electron chi connectivity index (χ4n) is 5.03. The summed E-state index contributed by atoms with van der Waals surface area (Å²) in [5, 5.41) is 0. The van der Waals surface area contributed by atoms with Crippen LogP contribution in [-0.2, 0) is 11.2 Å². The molecule has 1 heterocycles. The summed E-state index contributed by atoms with van der Waals surface area (Å²) in [6.07, 6.45) is 8.23. The van der Waals surface area contributed by atoms with E-state index in [0.717, 1.165) is 12.3 Å². The van der Waals surface area contributed by atoms with Crippen LogP contribution in [0, 0.1) is 5.92 Å². The zero-order valence-electron chi connectivity index (χ0n) is 17.3. The molecule has 0 N–H and O–H groups in total. The highest BCUT2D eigenvalue weighted by atomic mass is 35.5. The number of hydrogen-bond acceptors (Lipinski definition) is 2. The summed E-state index contributed by atoms with van der Waals surface area (Å²) in [5.41, 5.74) is 4.39. The third-order valence-electron chi connectivity index (χ3n) is 6.56. The summed E-state index contributed by atoms with van der Waals surface area (Å²) in [7, 11) is 0. The molecule has 0 saturated carbocycles. The summed E-state index contributed by atoms with van der Waals surface area (Å²) < 4.78 is 6.20. The van der Waals surface area contributed by atoms with Gasteiger partial charge in [0, 0.05) is 6.54 Å². The zero-order chi connectivity index (χ0) is 19.2. The Balaban J connectivity index is 0.00000240. The van der Waals surface area contributed by atoms with E-state index in [1.54, 1.807) is 0 Å². The fraction of sp³-hybridized carbons (Fsp3) is 0.462. The summed E-state index contributed by atoms with van der Waals surface area (Å²) in [6.45, 7) is 8.13. The molecule has 0 bridgehead atoms. The molecule has 156 valence electrons. The maximum atomic E-state index is 6.20. The van der Waals surface area contributed by atoms with Crippen LogP contribution >= 0.6 is 12.4 Å². The number of hydrogen-bond donors (Lipinski definition) is 0. The molecule has 0 amide bonds. The van der Waals surface area contributed by atoms with Gasteiger partial charge in [-0.2, -0.15) is 0 Å². The van der Waals surface area contributed by atoms with Crippen LogP contribution in [0.4, 0.5) is 0 Å². The molecule has 2 atom stereocenters. The number of fused-ring (bicyclic) bond motifs is 1. The molecule has 29 heavy (non-hydrogen) atoms. The minimum absolute atomic E-state index is 0. The van der Waals surface area contributed by atoms with E-state index in [1.165, 1.54) is 62.0 Å². The van der Waals surface area contributed by atoms with Crippen molar-refractivity contribution in [2.24, 2.45) is 5.92 Å². The van der Waals surface area contributed by atoms with Crippen molar-refractivity contribution in [1.29, 1.82) is 0 Å². The van der Waals surface area contributed by atoms with Gasteiger partial charge in [-0.25, -0.2) is 0 Å². The van der Waals surface area contributed by atoms with Crippen LogP contribution in [0.15, 0.2) is 67.3 Å². The van der Waals surface area contributed by atoms with Gasteiger partial charge >= 0.3 is 0 Å². The van der Waals surface area contributed by atoms with Gasteiger partial charge in [0.05, 0.1) is 12.7 Å². The van der Waals surface area contributed by atoms with Crippen LogP contribution in [-0.4, -0.2) is 31.1 Å². The summed E-state index contributed by atoms with van der Waals surface area (Å²) in [5.74, 6) is 1.44. The molecule has 2 nitrogen and oxygen atoms in total. The van der Waals surface area contributed by atoms with Gasteiger partial charge in [-0.15, -0.1) is 19.0 Å². The Morgan fingerprint density at radius 1 is 0.966 bits per heavy atom. The zero-order valence-corrected chi connectivity index (χ0v) is 18.2. The van der Waals surface area contributed by atoms with E-state index in [4.69, 9.17) is 4.74 Å². The number of aryl methyl sites for hydroxylation is 1. The Morgan fingerprint density at radius 3 is 2.45 bits per heavy atom. The fourth-order valence-corrected chi connectivity index (χ4v) is 5.03. The number of ether oxygens (including phenoxy) is 1. The van der Waals surface area contributed by atoms with Gasteiger partial charge in [0.1, 0.15) is 0 Å². The van der Waals surface area contributed by atoms with E-state index in [-0.39, 0.29) is 18.5 Å². The van der Waals surface area contributed by atoms with E-state index < -0.39 is 0 Å². The van der Waals surface area contributed by atoms with Crippen molar-refractivity contribution < 1.29 is 4.74 Å². The third-order valence-corrected chi connectivity index (χ3v) is 6.56. The summed E-state index contributed by atoms with van der Waals surface area (Å²) in [4.78, 5) is 2.70. The van der Waals surface area contributed by atoms with Gasteiger partial charge in [0.2, 0.25) is 0 Å². The minimum atomic E-state index is 0. The maximum Gasteiger partial charge on any atom is 0.0835 e. The molecule has 2 aliphatic rings. The van der Waals surface area contributed by atoms with Crippen molar-refractivity contribution in [2.75, 3.05) is 26.2 Å². The molecular formula is C26H34ClNO. The van der Waals surface area contributed by atoms with Crippen molar-refractivity contribution in [3.8, 4) is 0 Å². The normalized spacial score (nSPS) is 22.9. The van der Waals surface area contributed by atoms with Gasteiger partial charge < -0.3 is 9.64 Å². The summed E-state index contributed by atoms with van der Waals surface area (Å²) in [6, 6.07) is 19.9. The molecule has 1 saturated heterocycles. The number of halogens is 1. The molecule has 2 aromatic rings. The van der Waals surface area contributed by atoms with E-state index >= 15 is 0 Å². The van der Waals surface area contributed by atoms with E-state index in [9.17, 15) is 0 Å². The molecule has 0 radical (unpaired) electrons. The Kier molecular flexibility index (Phi) is 8.35. The van der Waals surface area contributed by atoms with Crippen molar-refractivity contribution in [1.82, 2.24) is 4.90 Å². The first kappa shape index (κ1) is 22.1.